The number of carbonyl (C=O) groups is 1. The molecule has 1 aliphatic carbocycles. The van der Waals surface area contributed by atoms with Crippen molar-refractivity contribution in [2.75, 3.05) is 26.7 Å². The van der Waals surface area contributed by atoms with Gasteiger partial charge >= 0.3 is 0 Å². The number of nitrogens with one attached hydrogen (secondary N) is 1. The summed E-state index contributed by atoms with van der Waals surface area (Å²) in [4.78, 5) is 13.2. The zero-order valence-electron chi connectivity index (χ0n) is 20.0. The largest absolute Gasteiger partial charge is 0.508 e. The van der Waals surface area contributed by atoms with E-state index in [0.29, 0.717) is 17.2 Å². The second-order valence-corrected chi connectivity index (χ2v) is 10.7. The van der Waals surface area contributed by atoms with E-state index in [1.807, 2.05) is 48.5 Å². The maximum atomic E-state index is 13.2. The number of carbonyl (C=O) groups excluding carboxylic acids is 1. The van der Waals surface area contributed by atoms with Gasteiger partial charge in [-0.25, -0.2) is 0 Å². The molecule has 4 nitrogen and oxygen atoms in total. The lowest BCUT2D eigenvalue weighted by Gasteiger charge is -2.55. The van der Waals surface area contributed by atoms with Crippen molar-refractivity contribution in [3.05, 3.63) is 90.5 Å². The van der Waals surface area contributed by atoms with Gasteiger partial charge in [-0.2, -0.15) is 0 Å². The fourth-order valence-electron chi connectivity index (χ4n) is 6.57. The van der Waals surface area contributed by atoms with E-state index in [9.17, 15) is 9.90 Å². The molecule has 1 unspecified atom stereocenters. The quantitative estimate of drug-likeness (QED) is 0.399. The second-order valence-electron chi connectivity index (χ2n) is 10.7. The van der Waals surface area contributed by atoms with Crippen molar-refractivity contribution in [2.24, 2.45) is 5.92 Å². The third-order valence-corrected chi connectivity index (χ3v) is 8.35. The monoisotopic (exact) mass is 455 g/mol. The van der Waals surface area contributed by atoms with Crippen molar-refractivity contribution in [3.8, 4) is 5.75 Å². The first kappa shape index (κ1) is 22.7. The number of hydrogen-bond acceptors (Lipinski definition) is 2. The van der Waals surface area contributed by atoms with E-state index in [1.165, 1.54) is 5.56 Å². The highest BCUT2D eigenvalue weighted by Gasteiger charge is 2.52. The average molecular weight is 456 g/mol. The minimum atomic E-state index is -0.0305. The van der Waals surface area contributed by atoms with Gasteiger partial charge in [0.2, 0.25) is 0 Å². The summed E-state index contributed by atoms with van der Waals surface area (Å²) < 4.78 is 1.02. The topological polar surface area (TPSA) is 49.3 Å². The lowest BCUT2D eigenvalue weighted by atomic mass is 9.57. The van der Waals surface area contributed by atoms with Crippen molar-refractivity contribution >= 4 is 16.7 Å². The molecule has 4 heteroatoms. The Morgan fingerprint density at radius 3 is 2.74 bits per heavy atom. The molecule has 0 radical (unpaired) electrons. The van der Waals surface area contributed by atoms with Gasteiger partial charge < -0.3 is 14.9 Å². The van der Waals surface area contributed by atoms with Gasteiger partial charge in [-0.05, 0) is 65.9 Å². The SMILES string of the molecule is C=CC[N@@+]1(C)CC[C@@]2(c3cccc(O)c3)C[C@@H](NC(=O)c3ccc4ccccc4c3)CCC2C1. The first-order valence-electron chi connectivity index (χ1n) is 12.4. The predicted octanol–water partition coefficient (Wildman–Crippen LogP) is 5.42. The standard InChI is InChI=1S/C30H34N2O2/c1-3-16-32(2)17-15-30(25-9-6-10-28(33)19-25)20-27(14-13-26(30)21-32)31-29(34)24-12-11-22-7-4-5-8-23(22)18-24/h3-12,18-19,26-27H,1,13-17,20-21H2,2H3,(H-,31,33,34)/p+1/t26?,27-,30-,32-/m0/s1. The minimum Gasteiger partial charge on any atom is -0.508 e. The van der Waals surface area contributed by atoms with Crippen molar-refractivity contribution < 1.29 is 14.4 Å². The predicted molar refractivity (Wildman–Crippen MR) is 138 cm³/mol. The number of aromatic hydroxyl groups is 1. The van der Waals surface area contributed by atoms with Crippen LogP contribution in [0.3, 0.4) is 0 Å². The number of fused-ring (bicyclic) bond motifs is 2. The Hall–Kier alpha value is -3.11. The molecule has 1 heterocycles. The third-order valence-electron chi connectivity index (χ3n) is 8.35. The number of hydrogen-bond donors (Lipinski definition) is 2. The van der Waals surface area contributed by atoms with Crippen molar-refractivity contribution in [2.45, 2.75) is 37.1 Å². The van der Waals surface area contributed by atoms with Crippen LogP contribution >= 0.6 is 0 Å². The maximum absolute atomic E-state index is 13.2. The van der Waals surface area contributed by atoms with Gasteiger partial charge in [0.05, 0.1) is 26.7 Å². The highest BCUT2D eigenvalue weighted by molar-refractivity contribution is 5.98. The number of benzene rings is 3. The zero-order chi connectivity index (χ0) is 23.8. The summed E-state index contributed by atoms with van der Waals surface area (Å²) in [6.07, 6.45) is 6.06. The van der Waals surface area contributed by atoms with E-state index in [-0.39, 0.29) is 17.4 Å². The molecule has 2 N–H and O–H groups in total. The van der Waals surface area contributed by atoms with Crippen LogP contribution in [0.5, 0.6) is 5.75 Å². The third kappa shape index (κ3) is 4.23. The lowest BCUT2D eigenvalue weighted by Crippen LogP contribution is -2.62. The molecule has 2 aliphatic rings. The molecular weight excluding hydrogens is 420 g/mol. The maximum Gasteiger partial charge on any atom is 0.251 e. The molecule has 0 aromatic heterocycles. The molecule has 1 aliphatic heterocycles. The number of rotatable bonds is 5. The van der Waals surface area contributed by atoms with Gasteiger partial charge in [0.25, 0.3) is 5.91 Å². The molecular formula is C30H35N2O2+. The molecule has 2 fully saturated rings. The van der Waals surface area contributed by atoms with E-state index in [2.05, 4.69) is 37.1 Å². The molecule has 1 saturated heterocycles. The summed E-state index contributed by atoms with van der Waals surface area (Å²) >= 11 is 0. The Bertz CT molecular complexity index is 1220. The fourth-order valence-corrected chi connectivity index (χ4v) is 6.57. The van der Waals surface area contributed by atoms with Gasteiger partial charge in [0.15, 0.2) is 0 Å². The number of amides is 1. The van der Waals surface area contributed by atoms with Crippen LogP contribution in [0.4, 0.5) is 0 Å². The summed E-state index contributed by atoms with van der Waals surface area (Å²) in [6.45, 7) is 7.15. The van der Waals surface area contributed by atoms with Crippen molar-refractivity contribution in [1.29, 1.82) is 0 Å². The fraction of sp³-hybridized carbons (Fsp3) is 0.367. The van der Waals surface area contributed by atoms with Crippen LogP contribution in [0.1, 0.15) is 41.6 Å². The van der Waals surface area contributed by atoms with Crippen molar-refractivity contribution in [3.63, 3.8) is 0 Å². The number of likely N-dealkylation sites (N-methyl/N-ethyl adjacent to an activating group) is 1. The number of piperidine rings is 1. The van der Waals surface area contributed by atoms with Gasteiger partial charge in [0.1, 0.15) is 5.75 Å². The van der Waals surface area contributed by atoms with Crippen LogP contribution in [0.25, 0.3) is 10.8 Å². The summed E-state index contributed by atoms with van der Waals surface area (Å²) in [5.74, 6) is 0.840. The molecule has 0 spiro atoms. The highest BCUT2D eigenvalue weighted by Crippen LogP contribution is 2.50. The Balaban J connectivity index is 1.40. The van der Waals surface area contributed by atoms with Gasteiger partial charge in [-0.3, -0.25) is 4.79 Å². The Kier molecular flexibility index (Phi) is 5.95. The van der Waals surface area contributed by atoms with Crippen LogP contribution in [0, 0.1) is 5.92 Å². The minimum absolute atomic E-state index is 0.00310. The number of phenols is 1. The molecule has 1 saturated carbocycles. The van der Waals surface area contributed by atoms with E-state index in [4.69, 9.17) is 0 Å². The molecule has 5 rings (SSSR count). The first-order valence-corrected chi connectivity index (χ1v) is 12.4. The average Bonchev–Trinajstić information content (AvgIpc) is 2.84. The molecule has 3 aromatic rings. The van der Waals surface area contributed by atoms with E-state index in [1.54, 1.807) is 6.07 Å². The van der Waals surface area contributed by atoms with Gasteiger partial charge in [0, 0.05) is 29.4 Å². The van der Waals surface area contributed by atoms with Crippen molar-refractivity contribution in [1.82, 2.24) is 5.32 Å². The second kappa shape index (κ2) is 8.92. The van der Waals surface area contributed by atoms with Gasteiger partial charge in [-0.1, -0.05) is 49.0 Å². The smallest absolute Gasteiger partial charge is 0.251 e. The Morgan fingerprint density at radius 2 is 1.94 bits per heavy atom. The van der Waals surface area contributed by atoms with Crippen LogP contribution < -0.4 is 5.32 Å². The first-order chi connectivity index (χ1) is 16.4. The van der Waals surface area contributed by atoms with E-state index in [0.717, 1.165) is 60.6 Å². The molecule has 34 heavy (non-hydrogen) atoms. The number of phenolic OH excluding ortho intramolecular Hbond substituents is 1. The zero-order valence-corrected chi connectivity index (χ0v) is 20.0. The van der Waals surface area contributed by atoms with Crippen LogP contribution in [-0.4, -0.2) is 48.2 Å². The number of quaternary nitrogens is 1. The van der Waals surface area contributed by atoms with E-state index >= 15 is 0 Å². The molecule has 4 atom stereocenters. The normalized spacial score (nSPS) is 28.7. The Morgan fingerprint density at radius 1 is 1.12 bits per heavy atom. The summed E-state index contributed by atoms with van der Waals surface area (Å²) in [5.41, 5.74) is 1.90. The number of likely N-dealkylation sites (tertiary alicyclic amines) is 1. The van der Waals surface area contributed by atoms with Crippen LogP contribution in [0.2, 0.25) is 0 Å². The lowest BCUT2D eigenvalue weighted by molar-refractivity contribution is -0.914. The number of nitrogens with zero attached hydrogens (tertiary/aromatic N) is 1. The Labute approximate surface area is 202 Å². The van der Waals surface area contributed by atoms with E-state index < -0.39 is 0 Å². The molecule has 176 valence electrons. The summed E-state index contributed by atoms with van der Waals surface area (Å²) in [7, 11) is 2.33. The summed E-state index contributed by atoms with van der Waals surface area (Å²) in [6, 6.07) is 22.0. The molecule has 3 aromatic carbocycles. The van der Waals surface area contributed by atoms with Gasteiger partial charge in [-0.15, -0.1) is 0 Å². The highest BCUT2D eigenvalue weighted by atomic mass is 16.3. The summed E-state index contributed by atoms with van der Waals surface area (Å²) in [5, 5.41) is 15.9. The molecule has 0 bridgehead atoms. The molecule has 1 amide bonds. The van der Waals surface area contributed by atoms with Crippen LogP contribution in [0.15, 0.2) is 79.4 Å². The van der Waals surface area contributed by atoms with Crippen LogP contribution in [-0.2, 0) is 5.41 Å².